The van der Waals surface area contributed by atoms with Crippen LogP contribution in [0.2, 0.25) is 0 Å². The molecule has 2 amide bonds. The van der Waals surface area contributed by atoms with Crippen LogP contribution in [0.15, 0.2) is 143 Å². The Morgan fingerprint density at radius 1 is 0.784 bits per heavy atom. The van der Waals surface area contributed by atoms with E-state index < -0.39 is 28.5 Å². The van der Waals surface area contributed by atoms with Crippen molar-refractivity contribution in [1.29, 1.82) is 0 Å². The summed E-state index contributed by atoms with van der Waals surface area (Å²) in [6.45, 7) is 5.29. The van der Waals surface area contributed by atoms with Gasteiger partial charge in [0.1, 0.15) is 24.1 Å². The predicted molar refractivity (Wildman–Crippen MR) is 205 cm³/mol. The van der Waals surface area contributed by atoms with Crippen molar-refractivity contribution in [2.24, 2.45) is 0 Å². The van der Waals surface area contributed by atoms with E-state index in [9.17, 15) is 18.0 Å². The van der Waals surface area contributed by atoms with Gasteiger partial charge in [-0.1, -0.05) is 101 Å². The van der Waals surface area contributed by atoms with Gasteiger partial charge in [-0.15, -0.1) is 0 Å². The van der Waals surface area contributed by atoms with Crippen molar-refractivity contribution in [2.75, 3.05) is 10.8 Å². The molecule has 0 aliphatic rings. The van der Waals surface area contributed by atoms with Crippen molar-refractivity contribution < 1.29 is 22.7 Å². The molecule has 0 bridgehead atoms. The van der Waals surface area contributed by atoms with Crippen molar-refractivity contribution in [3.8, 4) is 11.5 Å². The lowest BCUT2D eigenvalue weighted by Crippen LogP contribution is -2.54. The number of hydrogen-bond acceptors (Lipinski definition) is 5. The highest BCUT2D eigenvalue weighted by molar-refractivity contribution is 9.10. The lowest BCUT2D eigenvalue weighted by atomic mass is 10.0. The van der Waals surface area contributed by atoms with Gasteiger partial charge in [-0.2, -0.15) is 0 Å². The third-order valence-electron chi connectivity index (χ3n) is 8.51. The normalized spacial score (nSPS) is 12.4. The van der Waals surface area contributed by atoms with Gasteiger partial charge in [0.2, 0.25) is 11.8 Å². The quantitative estimate of drug-likeness (QED) is 0.116. The van der Waals surface area contributed by atoms with E-state index in [-0.39, 0.29) is 35.5 Å². The van der Waals surface area contributed by atoms with Crippen molar-refractivity contribution >= 4 is 43.5 Å². The molecule has 5 rings (SSSR count). The number of ether oxygens (including phenoxy) is 1. The monoisotopic (exact) mass is 767 g/mol. The Morgan fingerprint density at radius 2 is 1.39 bits per heavy atom. The summed E-state index contributed by atoms with van der Waals surface area (Å²) in [5.74, 6) is 0.292. The molecule has 0 aromatic heterocycles. The first-order chi connectivity index (χ1) is 24.5. The van der Waals surface area contributed by atoms with E-state index >= 15 is 0 Å². The second kappa shape index (κ2) is 17.3. The Balaban J connectivity index is 1.56. The maximum atomic E-state index is 14.8. The SMILES string of the molecule is CC[C@H](C)NC(=O)[C@H](Cc1ccccc1)N(Cc1cccc(Br)c1)C(=O)CN(c1ccc(Oc2ccccc2)cc1)S(=O)(=O)c1ccc(C)cc1. The van der Waals surface area contributed by atoms with E-state index in [1.165, 1.54) is 17.0 Å². The number of aryl methyl sites for hydroxylation is 1. The fourth-order valence-corrected chi connectivity index (χ4v) is 7.36. The summed E-state index contributed by atoms with van der Waals surface area (Å²) in [5.41, 5.74) is 2.82. The topological polar surface area (TPSA) is 96.0 Å². The average Bonchev–Trinajstić information content (AvgIpc) is 3.13. The van der Waals surface area contributed by atoms with Gasteiger partial charge >= 0.3 is 0 Å². The van der Waals surface area contributed by atoms with Crippen LogP contribution in [0.4, 0.5) is 5.69 Å². The number of rotatable bonds is 15. The maximum absolute atomic E-state index is 14.8. The Morgan fingerprint density at radius 3 is 2.02 bits per heavy atom. The smallest absolute Gasteiger partial charge is 0.264 e. The Labute approximate surface area is 309 Å². The second-order valence-corrected chi connectivity index (χ2v) is 15.2. The third-order valence-corrected chi connectivity index (χ3v) is 10.8. The van der Waals surface area contributed by atoms with Crippen LogP contribution in [0.3, 0.4) is 0 Å². The van der Waals surface area contributed by atoms with E-state index in [4.69, 9.17) is 4.74 Å². The number of carbonyl (C=O) groups is 2. The first-order valence-corrected chi connectivity index (χ1v) is 19.1. The third kappa shape index (κ3) is 10.1. The molecule has 2 atom stereocenters. The van der Waals surface area contributed by atoms with Gasteiger partial charge < -0.3 is 15.0 Å². The van der Waals surface area contributed by atoms with Crippen molar-refractivity contribution in [2.45, 2.75) is 57.1 Å². The van der Waals surface area contributed by atoms with E-state index in [2.05, 4.69) is 21.2 Å². The van der Waals surface area contributed by atoms with Crippen LogP contribution in [0.5, 0.6) is 11.5 Å². The molecule has 51 heavy (non-hydrogen) atoms. The molecule has 10 heteroatoms. The van der Waals surface area contributed by atoms with Gasteiger partial charge in [0, 0.05) is 23.5 Å². The van der Waals surface area contributed by atoms with Crippen LogP contribution in [0.1, 0.15) is 37.0 Å². The van der Waals surface area contributed by atoms with Gasteiger partial charge in [-0.25, -0.2) is 8.42 Å². The summed E-state index contributed by atoms with van der Waals surface area (Å²) in [7, 11) is -4.24. The molecule has 0 aliphatic carbocycles. The van der Waals surface area contributed by atoms with Crippen LogP contribution >= 0.6 is 15.9 Å². The van der Waals surface area contributed by atoms with Gasteiger partial charge in [0.05, 0.1) is 10.6 Å². The molecule has 0 heterocycles. The fourth-order valence-electron chi connectivity index (χ4n) is 5.50. The number of para-hydroxylation sites is 1. The molecular formula is C41H42BrN3O5S. The molecule has 0 spiro atoms. The maximum Gasteiger partial charge on any atom is 0.264 e. The van der Waals surface area contributed by atoms with Crippen LogP contribution in [-0.4, -0.2) is 43.8 Å². The minimum atomic E-state index is -4.24. The van der Waals surface area contributed by atoms with Crippen molar-refractivity contribution in [3.05, 3.63) is 155 Å². The van der Waals surface area contributed by atoms with Crippen LogP contribution in [0.25, 0.3) is 0 Å². The van der Waals surface area contributed by atoms with Crippen LogP contribution < -0.4 is 14.4 Å². The van der Waals surface area contributed by atoms with Gasteiger partial charge in [0.15, 0.2) is 0 Å². The number of nitrogens with one attached hydrogen (secondary N) is 1. The van der Waals surface area contributed by atoms with Crippen molar-refractivity contribution in [1.82, 2.24) is 10.2 Å². The Kier molecular flexibility index (Phi) is 12.7. The Bertz CT molecular complexity index is 2010. The lowest BCUT2D eigenvalue weighted by molar-refractivity contribution is -0.140. The minimum Gasteiger partial charge on any atom is -0.457 e. The zero-order valence-corrected chi connectivity index (χ0v) is 31.3. The van der Waals surface area contributed by atoms with E-state index in [0.717, 1.165) is 25.5 Å². The second-order valence-electron chi connectivity index (χ2n) is 12.4. The molecule has 5 aromatic rings. The molecule has 5 aromatic carbocycles. The highest BCUT2D eigenvalue weighted by Gasteiger charge is 2.35. The molecule has 8 nitrogen and oxygen atoms in total. The predicted octanol–water partition coefficient (Wildman–Crippen LogP) is 8.30. The van der Waals surface area contributed by atoms with Gasteiger partial charge in [-0.05, 0) is 92.1 Å². The number of benzene rings is 5. The minimum absolute atomic E-state index is 0.0411. The molecule has 0 fully saturated rings. The number of sulfonamides is 1. The first kappa shape index (κ1) is 37.3. The van der Waals surface area contributed by atoms with Gasteiger partial charge in [-0.3, -0.25) is 13.9 Å². The number of halogens is 1. The molecule has 0 unspecified atom stereocenters. The molecular weight excluding hydrogens is 726 g/mol. The summed E-state index contributed by atoms with van der Waals surface area (Å²) in [6.07, 6.45) is 0.939. The zero-order valence-electron chi connectivity index (χ0n) is 28.9. The molecule has 0 radical (unpaired) electrons. The molecule has 0 saturated carbocycles. The lowest BCUT2D eigenvalue weighted by Gasteiger charge is -2.34. The molecule has 0 saturated heterocycles. The molecule has 264 valence electrons. The number of anilines is 1. The largest absolute Gasteiger partial charge is 0.457 e. The summed E-state index contributed by atoms with van der Waals surface area (Å²) < 4.78 is 36.7. The summed E-state index contributed by atoms with van der Waals surface area (Å²) in [4.78, 5) is 30.3. The highest BCUT2D eigenvalue weighted by atomic mass is 79.9. The summed E-state index contributed by atoms with van der Waals surface area (Å²) in [6, 6.07) is 38.3. The van der Waals surface area contributed by atoms with Crippen LogP contribution in [-0.2, 0) is 32.6 Å². The zero-order chi connectivity index (χ0) is 36.4. The number of carbonyl (C=O) groups excluding carboxylic acids is 2. The molecule has 1 N–H and O–H groups in total. The highest BCUT2D eigenvalue weighted by Crippen LogP contribution is 2.29. The van der Waals surface area contributed by atoms with E-state index in [1.807, 2.05) is 106 Å². The average molecular weight is 769 g/mol. The number of nitrogens with zero attached hydrogens (tertiary/aromatic N) is 2. The van der Waals surface area contributed by atoms with E-state index in [1.54, 1.807) is 36.4 Å². The standard InChI is InChI=1S/C41H42BrN3O5S/c1-4-31(3)43-41(47)39(27-32-12-7-5-8-13-32)44(28-33-14-11-15-34(42)26-33)40(46)29-45(51(48,49)38-24-18-30(2)19-25-38)35-20-22-37(23-21-35)50-36-16-9-6-10-17-36/h5-26,31,39H,4,27-29H2,1-3H3,(H,43,47)/t31-,39-/m0/s1. The Hall–Kier alpha value is -4.93. The number of amides is 2. The fraction of sp³-hybridized carbons (Fsp3) is 0.220. The van der Waals surface area contributed by atoms with Crippen molar-refractivity contribution in [3.63, 3.8) is 0 Å². The molecule has 0 aliphatic heterocycles. The van der Waals surface area contributed by atoms with E-state index in [0.29, 0.717) is 17.9 Å². The summed E-state index contributed by atoms with van der Waals surface area (Å²) >= 11 is 3.52. The van der Waals surface area contributed by atoms with Crippen LogP contribution in [0, 0.1) is 6.92 Å². The van der Waals surface area contributed by atoms with Gasteiger partial charge in [0.25, 0.3) is 10.0 Å². The number of hydrogen-bond donors (Lipinski definition) is 1. The summed E-state index contributed by atoms with van der Waals surface area (Å²) in [5, 5.41) is 3.07. The first-order valence-electron chi connectivity index (χ1n) is 16.8.